The Labute approximate surface area is 172 Å². The molecule has 0 aromatic heterocycles. The zero-order chi connectivity index (χ0) is 19.4. The number of ether oxygens (including phenoxy) is 2. The van der Waals surface area contributed by atoms with Gasteiger partial charge in [-0.1, -0.05) is 30.7 Å². The van der Waals surface area contributed by atoms with Crippen LogP contribution in [0.5, 0.6) is 0 Å². The standard InChI is InChI=1S/C23H31ClO4/c1-15-6-11-20-17(5-3-4-16-7-9-18(24)10-8-16)14-25-21-23(20)19(15)12-13-22(2,26-21)27-28-23/h7-10,15,17,19-21H,3-6,11-14H2,1-2H3/t15-,17+,19+,20+,21-,22+,23-/m1/s1. The average molecular weight is 407 g/mol. The van der Waals surface area contributed by atoms with Gasteiger partial charge in [-0.05, 0) is 80.9 Å². The summed E-state index contributed by atoms with van der Waals surface area (Å²) in [4.78, 5) is 12.1. The molecule has 0 unspecified atom stereocenters. The van der Waals surface area contributed by atoms with E-state index in [-0.39, 0.29) is 6.29 Å². The molecule has 0 N–H and O–H groups in total. The number of aryl methyl sites for hydroxylation is 1. The van der Waals surface area contributed by atoms with Crippen LogP contribution in [0.3, 0.4) is 0 Å². The molecule has 6 rings (SSSR count). The molecule has 0 amide bonds. The van der Waals surface area contributed by atoms with E-state index in [1.165, 1.54) is 18.4 Å². The number of fused-ring (bicyclic) bond motifs is 2. The van der Waals surface area contributed by atoms with Crippen molar-refractivity contribution in [1.82, 2.24) is 0 Å². The third kappa shape index (κ3) is 3.13. The van der Waals surface area contributed by atoms with Crippen molar-refractivity contribution in [3.63, 3.8) is 0 Å². The molecule has 1 spiro atoms. The van der Waals surface area contributed by atoms with Gasteiger partial charge in [0.05, 0.1) is 6.61 Å². The second-order valence-corrected chi connectivity index (χ2v) is 9.96. The lowest BCUT2D eigenvalue weighted by Crippen LogP contribution is -2.69. The van der Waals surface area contributed by atoms with Crippen molar-refractivity contribution < 1.29 is 19.2 Å². The highest BCUT2D eigenvalue weighted by Crippen LogP contribution is 2.60. The van der Waals surface area contributed by atoms with Gasteiger partial charge in [0.2, 0.25) is 5.79 Å². The van der Waals surface area contributed by atoms with E-state index in [1.54, 1.807) is 0 Å². The summed E-state index contributed by atoms with van der Waals surface area (Å²) in [7, 11) is 0. The lowest BCUT2D eigenvalue weighted by atomic mass is 9.57. The quantitative estimate of drug-likeness (QED) is 0.616. The molecular formula is C23H31ClO4. The van der Waals surface area contributed by atoms with Crippen LogP contribution in [0.4, 0.5) is 0 Å². The van der Waals surface area contributed by atoms with Crippen LogP contribution in [-0.4, -0.2) is 24.3 Å². The van der Waals surface area contributed by atoms with Gasteiger partial charge in [-0.3, -0.25) is 0 Å². The Bertz CT molecular complexity index is 709. The Balaban J connectivity index is 1.33. The van der Waals surface area contributed by atoms with E-state index in [2.05, 4.69) is 19.1 Å². The number of hydrogen-bond donors (Lipinski definition) is 0. The zero-order valence-electron chi connectivity index (χ0n) is 16.9. The van der Waals surface area contributed by atoms with Gasteiger partial charge in [0.1, 0.15) is 0 Å². The van der Waals surface area contributed by atoms with Crippen LogP contribution in [-0.2, 0) is 25.7 Å². The Hall–Kier alpha value is -0.650. The van der Waals surface area contributed by atoms with Crippen LogP contribution < -0.4 is 0 Å². The molecule has 1 aromatic carbocycles. The molecule has 5 aliphatic rings. The summed E-state index contributed by atoms with van der Waals surface area (Å²) < 4.78 is 12.7. The molecule has 7 atom stereocenters. The maximum atomic E-state index is 6.33. The van der Waals surface area contributed by atoms with Gasteiger partial charge in [0, 0.05) is 17.4 Å². The third-order valence-electron chi connectivity index (χ3n) is 7.76. The summed E-state index contributed by atoms with van der Waals surface area (Å²) in [5, 5.41) is 0.798. The smallest absolute Gasteiger partial charge is 0.201 e. The van der Waals surface area contributed by atoms with E-state index >= 15 is 0 Å². The van der Waals surface area contributed by atoms with Crippen molar-refractivity contribution in [1.29, 1.82) is 0 Å². The predicted molar refractivity (Wildman–Crippen MR) is 107 cm³/mol. The van der Waals surface area contributed by atoms with Crippen LogP contribution >= 0.6 is 11.6 Å². The molecule has 2 bridgehead atoms. The first-order valence-electron chi connectivity index (χ1n) is 10.9. The molecule has 4 saturated heterocycles. The number of rotatable bonds is 4. The van der Waals surface area contributed by atoms with Gasteiger partial charge in [0.15, 0.2) is 11.9 Å². The topological polar surface area (TPSA) is 36.9 Å². The first-order chi connectivity index (χ1) is 13.5. The van der Waals surface area contributed by atoms with Crippen molar-refractivity contribution >= 4 is 11.6 Å². The molecule has 1 saturated carbocycles. The Morgan fingerprint density at radius 1 is 1.07 bits per heavy atom. The SMILES string of the molecule is C[C@@H]1CC[C@H]2[C@@H](CCCc3ccc(Cl)cc3)CO[C@@H]3O[C@]4(C)CC[C@@H]1[C@]32OO4. The summed E-state index contributed by atoms with van der Waals surface area (Å²) in [6.07, 6.45) is 7.46. The summed E-state index contributed by atoms with van der Waals surface area (Å²) in [5.41, 5.74) is 0.912. The fourth-order valence-electron chi connectivity index (χ4n) is 6.23. The summed E-state index contributed by atoms with van der Waals surface area (Å²) >= 11 is 6.01. The summed E-state index contributed by atoms with van der Waals surface area (Å²) in [5.74, 6) is 1.33. The number of halogens is 1. The molecule has 4 heterocycles. The molecule has 0 radical (unpaired) electrons. The van der Waals surface area contributed by atoms with E-state index in [1.807, 2.05) is 19.1 Å². The van der Waals surface area contributed by atoms with E-state index in [9.17, 15) is 0 Å². The molecule has 1 aliphatic carbocycles. The van der Waals surface area contributed by atoms with Crippen LogP contribution in [0.1, 0.15) is 57.9 Å². The maximum absolute atomic E-state index is 6.33. The Morgan fingerprint density at radius 2 is 1.89 bits per heavy atom. The minimum absolute atomic E-state index is 0.293. The monoisotopic (exact) mass is 406 g/mol. The van der Waals surface area contributed by atoms with Crippen LogP contribution in [0, 0.1) is 23.7 Å². The van der Waals surface area contributed by atoms with Gasteiger partial charge >= 0.3 is 0 Å². The summed E-state index contributed by atoms with van der Waals surface area (Å²) in [6, 6.07) is 8.21. The van der Waals surface area contributed by atoms with Crippen LogP contribution in [0.25, 0.3) is 0 Å². The Kier molecular flexibility index (Phi) is 5.00. The van der Waals surface area contributed by atoms with E-state index in [0.717, 1.165) is 43.7 Å². The number of benzene rings is 1. The number of hydrogen-bond acceptors (Lipinski definition) is 4. The predicted octanol–water partition coefficient (Wildman–Crippen LogP) is 5.52. The molecule has 28 heavy (non-hydrogen) atoms. The molecule has 1 aromatic rings. The van der Waals surface area contributed by atoms with Gasteiger partial charge in [-0.25, -0.2) is 9.78 Å². The van der Waals surface area contributed by atoms with E-state index in [0.29, 0.717) is 23.7 Å². The summed E-state index contributed by atoms with van der Waals surface area (Å²) in [6.45, 7) is 5.11. The molecule has 154 valence electrons. The molecule has 4 aliphatic heterocycles. The second-order valence-electron chi connectivity index (χ2n) is 9.52. The van der Waals surface area contributed by atoms with Crippen molar-refractivity contribution in [3.05, 3.63) is 34.9 Å². The molecule has 5 heteroatoms. The first-order valence-corrected chi connectivity index (χ1v) is 11.3. The molecular weight excluding hydrogens is 376 g/mol. The first kappa shape index (κ1) is 19.3. The second kappa shape index (κ2) is 7.24. The highest BCUT2D eigenvalue weighted by Gasteiger charge is 2.68. The highest BCUT2D eigenvalue weighted by molar-refractivity contribution is 6.30. The zero-order valence-corrected chi connectivity index (χ0v) is 17.6. The lowest BCUT2D eigenvalue weighted by molar-refractivity contribution is -0.567. The Morgan fingerprint density at radius 3 is 2.71 bits per heavy atom. The van der Waals surface area contributed by atoms with Crippen LogP contribution in [0.2, 0.25) is 5.02 Å². The average Bonchev–Trinajstić information content (AvgIpc) is 2.92. The fourth-order valence-corrected chi connectivity index (χ4v) is 6.35. The van der Waals surface area contributed by atoms with Crippen molar-refractivity contribution in [2.75, 3.05) is 6.61 Å². The minimum Gasteiger partial charge on any atom is -0.349 e. The van der Waals surface area contributed by atoms with E-state index in [4.69, 9.17) is 30.8 Å². The lowest BCUT2D eigenvalue weighted by Gasteiger charge is -2.59. The van der Waals surface area contributed by atoms with Crippen molar-refractivity contribution in [2.45, 2.75) is 76.5 Å². The van der Waals surface area contributed by atoms with Crippen molar-refractivity contribution in [2.24, 2.45) is 23.7 Å². The molecule has 4 nitrogen and oxygen atoms in total. The van der Waals surface area contributed by atoms with Crippen molar-refractivity contribution in [3.8, 4) is 0 Å². The third-order valence-corrected chi connectivity index (χ3v) is 8.01. The van der Waals surface area contributed by atoms with Gasteiger partial charge in [-0.2, -0.15) is 0 Å². The van der Waals surface area contributed by atoms with E-state index < -0.39 is 11.4 Å². The normalized spacial score (nSPS) is 44.8. The van der Waals surface area contributed by atoms with Gasteiger partial charge in [0.25, 0.3) is 0 Å². The maximum Gasteiger partial charge on any atom is 0.201 e. The minimum atomic E-state index is -0.668. The fraction of sp³-hybridized carbons (Fsp3) is 0.739. The van der Waals surface area contributed by atoms with Gasteiger partial charge in [-0.15, -0.1) is 0 Å². The highest BCUT2D eigenvalue weighted by atomic mass is 35.5. The van der Waals surface area contributed by atoms with Gasteiger partial charge < -0.3 is 9.47 Å². The largest absolute Gasteiger partial charge is 0.349 e. The van der Waals surface area contributed by atoms with Crippen LogP contribution in [0.15, 0.2) is 24.3 Å². The molecule has 5 fully saturated rings.